The monoisotopic (exact) mass is 269 g/mol. The molecule has 0 spiro atoms. The third-order valence-electron chi connectivity index (χ3n) is 3.47. The van der Waals surface area contributed by atoms with Gasteiger partial charge >= 0.3 is 12.0 Å². The van der Waals surface area contributed by atoms with Crippen LogP contribution < -0.4 is 10.6 Å². The van der Waals surface area contributed by atoms with Crippen LogP contribution in [-0.2, 0) is 9.59 Å². The third kappa shape index (κ3) is 4.51. The second-order valence-corrected chi connectivity index (χ2v) is 5.18. The van der Waals surface area contributed by atoms with E-state index in [0.717, 1.165) is 12.8 Å². The summed E-state index contributed by atoms with van der Waals surface area (Å²) in [7, 11) is 0. The van der Waals surface area contributed by atoms with Gasteiger partial charge in [0.2, 0.25) is 5.91 Å². The molecule has 7 nitrogen and oxygen atoms in total. The standard InChI is InChI=1S/C12H19N3O4/c16-10(14-12(19)13-9-1-2-9)7-15-5-3-8(4-6-15)11(17)18/h8-9H,1-7H2,(H,17,18)(H2,13,14,16,19). The Morgan fingerprint density at radius 2 is 1.74 bits per heavy atom. The Morgan fingerprint density at radius 1 is 1.11 bits per heavy atom. The van der Waals surface area contributed by atoms with E-state index in [-0.39, 0.29) is 24.4 Å². The molecule has 1 aliphatic carbocycles. The zero-order valence-electron chi connectivity index (χ0n) is 10.7. The molecule has 7 heteroatoms. The summed E-state index contributed by atoms with van der Waals surface area (Å²) in [4.78, 5) is 35.6. The van der Waals surface area contributed by atoms with E-state index < -0.39 is 12.0 Å². The minimum atomic E-state index is -0.770. The van der Waals surface area contributed by atoms with Gasteiger partial charge in [-0.3, -0.25) is 19.8 Å². The van der Waals surface area contributed by atoms with E-state index in [9.17, 15) is 14.4 Å². The Labute approximate surface area is 111 Å². The lowest BCUT2D eigenvalue weighted by molar-refractivity contribution is -0.143. The molecule has 2 fully saturated rings. The molecule has 2 rings (SSSR count). The van der Waals surface area contributed by atoms with E-state index in [2.05, 4.69) is 10.6 Å². The SMILES string of the molecule is O=C(CN1CCC(C(=O)O)CC1)NC(=O)NC1CC1. The third-order valence-corrected chi connectivity index (χ3v) is 3.47. The van der Waals surface area contributed by atoms with Gasteiger partial charge in [0.25, 0.3) is 0 Å². The number of urea groups is 1. The highest BCUT2D eigenvalue weighted by molar-refractivity contribution is 5.95. The zero-order chi connectivity index (χ0) is 13.8. The fourth-order valence-corrected chi connectivity index (χ4v) is 2.16. The number of likely N-dealkylation sites (tertiary alicyclic amines) is 1. The van der Waals surface area contributed by atoms with Crippen molar-refractivity contribution in [2.75, 3.05) is 19.6 Å². The number of carboxylic acids is 1. The number of carboxylic acid groups (broad SMARTS) is 1. The first-order valence-electron chi connectivity index (χ1n) is 6.60. The normalized spacial score (nSPS) is 20.8. The van der Waals surface area contributed by atoms with Crippen LogP contribution in [0, 0.1) is 5.92 Å². The number of nitrogens with one attached hydrogen (secondary N) is 2. The number of hydrogen-bond donors (Lipinski definition) is 3. The van der Waals surface area contributed by atoms with Crippen LogP contribution in [0.2, 0.25) is 0 Å². The lowest BCUT2D eigenvalue weighted by Gasteiger charge is -2.29. The Hall–Kier alpha value is -1.63. The smallest absolute Gasteiger partial charge is 0.321 e. The molecule has 0 atom stereocenters. The van der Waals surface area contributed by atoms with Crippen LogP contribution in [0.25, 0.3) is 0 Å². The number of nitrogens with zero attached hydrogens (tertiary/aromatic N) is 1. The quantitative estimate of drug-likeness (QED) is 0.655. The van der Waals surface area contributed by atoms with E-state index in [4.69, 9.17) is 5.11 Å². The first-order chi connectivity index (χ1) is 9.04. The van der Waals surface area contributed by atoms with Gasteiger partial charge in [-0.15, -0.1) is 0 Å². The van der Waals surface area contributed by atoms with Crippen LogP contribution in [0.3, 0.4) is 0 Å². The Kier molecular flexibility index (Phi) is 4.36. The molecule has 19 heavy (non-hydrogen) atoms. The number of carbonyl (C=O) groups excluding carboxylic acids is 2. The van der Waals surface area contributed by atoms with Crippen LogP contribution >= 0.6 is 0 Å². The van der Waals surface area contributed by atoms with Crippen LogP contribution in [0.1, 0.15) is 25.7 Å². The summed E-state index contributed by atoms with van der Waals surface area (Å²) in [6.07, 6.45) is 3.06. The zero-order valence-corrected chi connectivity index (χ0v) is 10.7. The predicted octanol–water partition coefficient (Wildman–Crippen LogP) is -0.229. The molecule has 0 unspecified atom stereocenters. The highest BCUT2D eigenvalue weighted by Gasteiger charge is 2.27. The number of rotatable bonds is 4. The van der Waals surface area contributed by atoms with E-state index >= 15 is 0 Å². The maximum atomic E-state index is 11.6. The summed E-state index contributed by atoms with van der Waals surface area (Å²) < 4.78 is 0. The van der Waals surface area contributed by atoms with Gasteiger partial charge in [-0.25, -0.2) is 4.79 Å². The molecule has 0 bridgehead atoms. The number of imide groups is 1. The number of piperidine rings is 1. The van der Waals surface area contributed by atoms with E-state index in [1.54, 1.807) is 0 Å². The van der Waals surface area contributed by atoms with Crippen LogP contribution in [0.15, 0.2) is 0 Å². The maximum Gasteiger partial charge on any atom is 0.321 e. The second kappa shape index (κ2) is 6.01. The molecule has 1 saturated heterocycles. The van der Waals surface area contributed by atoms with Gasteiger partial charge < -0.3 is 10.4 Å². The predicted molar refractivity (Wildman–Crippen MR) is 66.5 cm³/mol. The van der Waals surface area contributed by atoms with Crippen molar-refractivity contribution < 1.29 is 19.5 Å². The van der Waals surface area contributed by atoms with Crippen LogP contribution in [-0.4, -0.2) is 53.6 Å². The van der Waals surface area contributed by atoms with Crippen molar-refractivity contribution in [1.82, 2.24) is 15.5 Å². The summed E-state index contributed by atoms with van der Waals surface area (Å²) in [5.74, 6) is -1.42. The molecule has 3 N–H and O–H groups in total. The lowest BCUT2D eigenvalue weighted by Crippen LogP contribution is -2.47. The van der Waals surface area contributed by atoms with Gasteiger partial charge in [0.15, 0.2) is 0 Å². The van der Waals surface area contributed by atoms with Gasteiger partial charge in [0.1, 0.15) is 0 Å². The van der Waals surface area contributed by atoms with Gasteiger partial charge in [-0.05, 0) is 38.8 Å². The topological polar surface area (TPSA) is 98.7 Å². The summed E-state index contributed by atoms with van der Waals surface area (Å²) >= 11 is 0. The van der Waals surface area contributed by atoms with Crippen LogP contribution in [0.5, 0.6) is 0 Å². The molecule has 1 aliphatic heterocycles. The summed E-state index contributed by atoms with van der Waals surface area (Å²) in [6.45, 7) is 1.30. The molecular weight excluding hydrogens is 250 g/mol. The number of hydrogen-bond acceptors (Lipinski definition) is 4. The molecule has 0 aromatic carbocycles. The van der Waals surface area contributed by atoms with Gasteiger partial charge in [-0.1, -0.05) is 0 Å². The molecular formula is C12H19N3O4. The molecule has 1 heterocycles. The molecule has 0 aromatic rings. The van der Waals surface area contributed by atoms with E-state index in [1.807, 2.05) is 4.90 Å². The minimum absolute atomic E-state index is 0.143. The molecule has 3 amide bonds. The van der Waals surface area contributed by atoms with E-state index in [0.29, 0.717) is 25.9 Å². The van der Waals surface area contributed by atoms with Crippen molar-refractivity contribution in [3.63, 3.8) is 0 Å². The highest BCUT2D eigenvalue weighted by atomic mass is 16.4. The lowest BCUT2D eigenvalue weighted by atomic mass is 9.97. The fraction of sp³-hybridized carbons (Fsp3) is 0.750. The minimum Gasteiger partial charge on any atom is -0.481 e. The number of amides is 3. The molecule has 1 saturated carbocycles. The van der Waals surface area contributed by atoms with Crippen molar-refractivity contribution in [3.8, 4) is 0 Å². The highest BCUT2D eigenvalue weighted by Crippen LogP contribution is 2.18. The Morgan fingerprint density at radius 3 is 2.26 bits per heavy atom. The van der Waals surface area contributed by atoms with Crippen LogP contribution in [0.4, 0.5) is 4.79 Å². The summed E-state index contributed by atoms with van der Waals surface area (Å²) in [5.41, 5.74) is 0. The largest absolute Gasteiger partial charge is 0.481 e. The first-order valence-corrected chi connectivity index (χ1v) is 6.60. The number of carbonyl (C=O) groups is 3. The molecule has 106 valence electrons. The summed E-state index contributed by atoms with van der Waals surface area (Å²) in [6, 6.07) is -0.216. The van der Waals surface area contributed by atoms with E-state index in [1.165, 1.54) is 0 Å². The molecule has 0 radical (unpaired) electrons. The van der Waals surface area contributed by atoms with Crippen molar-refractivity contribution in [2.45, 2.75) is 31.7 Å². The van der Waals surface area contributed by atoms with Crippen molar-refractivity contribution in [1.29, 1.82) is 0 Å². The molecule has 0 aromatic heterocycles. The average molecular weight is 269 g/mol. The maximum absolute atomic E-state index is 11.6. The van der Waals surface area contributed by atoms with Gasteiger partial charge in [-0.2, -0.15) is 0 Å². The Balaban J connectivity index is 1.65. The fourth-order valence-electron chi connectivity index (χ4n) is 2.16. The summed E-state index contributed by atoms with van der Waals surface area (Å²) in [5, 5.41) is 13.8. The first kappa shape index (κ1) is 13.8. The Bertz CT molecular complexity index is 373. The van der Waals surface area contributed by atoms with Gasteiger partial charge in [0, 0.05) is 6.04 Å². The van der Waals surface area contributed by atoms with Crippen molar-refractivity contribution in [2.24, 2.45) is 5.92 Å². The molecule has 2 aliphatic rings. The van der Waals surface area contributed by atoms with Crippen molar-refractivity contribution >= 4 is 17.9 Å². The van der Waals surface area contributed by atoms with Gasteiger partial charge in [0.05, 0.1) is 12.5 Å². The number of aliphatic carboxylic acids is 1. The van der Waals surface area contributed by atoms with Crippen molar-refractivity contribution in [3.05, 3.63) is 0 Å². The average Bonchev–Trinajstić information content (AvgIpc) is 3.13. The second-order valence-electron chi connectivity index (χ2n) is 5.18.